The molecule has 1 aliphatic heterocycles. The number of hydrogen-bond donors (Lipinski definition) is 3. The van der Waals surface area contributed by atoms with E-state index < -0.39 is 17.7 Å². The third-order valence-electron chi connectivity index (χ3n) is 4.17. The van der Waals surface area contributed by atoms with Gasteiger partial charge in [0, 0.05) is 21.2 Å². The molecule has 3 N–H and O–H groups in total. The normalized spacial score (nSPS) is 18.4. The van der Waals surface area contributed by atoms with Crippen LogP contribution in [0.4, 0.5) is 18.9 Å². The lowest BCUT2D eigenvalue weighted by Gasteiger charge is -2.28. The zero-order valence-corrected chi connectivity index (χ0v) is 17.2. The van der Waals surface area contributed by atoms with Gasteiger partial charge in [0.1, 0.15) is 0 Å². The maximum atomic E-state index is 14.1. The van der Waals surface area contributed by atoms with Crippen LogP contribution >= 0.6 is 34.8 Å². The van der Waals surface area contributed by atoms with Gasteiger partial charge in [-0.25, -0.2) is 0 Å². The highest BCUT2D eigenvalue weighted by atomic mass is 35.5. The Morgan fingerprint density at radius 3 is 2.40 bits per heavy atom. The van der Waals surface area contributed by atoms with Crippen molar-refractivity contribution in [3.8, 4) is 0 Å². The number of hydrazine groups is 1. The molecule has 0 saturated heterocycles. The van der Waals surface area contributed by atoms with Crippen LogP contribution in [0.25, 0.3) is 5.70 Å². The van der Waals surface area contributed by atoms with Crippen LogP contribution in [-0.2, 0) is 15.2 Å². The number of amides is 1. The molecule has 2 aromatic carbocycles. The van der Waals surface area contributed by atoms with E-state index in [1.165, 1.54) is 24.3 Å². The largest absolute Gasteiger partial charge is 0.428 e. The second kappa shape index (κ2) is 8.39. The van der Waals surface area contributed by atoms with E-state index in [4.69, 9.17) is 39.6 Å². The smallest absolute Gasteiger partial charge is 0.297 e. The fourth-order valence-corrected chi connectivity index (χ4v) is 3.41. The van der Waals surface area contributed by atoms with Crippen molar-refractivity contribution in [2.24, 2.45) is 0 Å². The van der Waals surface area contributed by atoms with Crippen molar-refractivity contribution in [1.29, 1.82) is 0 Å². The maximum absolute atomic E-state index is 14.1. The number of nitrogens with one attached hydrogen (secondary N) is 3. The molecular formula is C19H13Cl3F3N3O2. The monoisotopic (exact) mass is 477 g/mol. The number of hydrogen-bond acceptors (Lipinski definition) is 4. The maximum Gasteiger partial charge on any atom is 0.428 e. The Morgan fingerprint density at radius 1 is 1.13 bits per heavy atom. The average Bonchev–Trinajstić information content (AvgIpc) is 3.13. The molecule has 11 heteroatoms. The summed E-state index contributed by atoms with van der Waals surface area (Å²) in [5, 5.41) is 0.288. The number of benzene rings is 2. The number of halogens is 6. The van der Waals surface area contributed by atoms with Crippen molar-refractivity contribution in [3.63, 3.8) is 0 Å². The zero-order chi connectivity index (χ0) is 22.1. The molecule has 1 atom stereocenters. The molecule has 3 rings (SSSR count). The summed E-state index contributed by atoms with van der Waals surface area (Å²) in [6.45, 7) is 3.31. The van der Waals surface area contributed by atoms with Gasteiger partial charge >= 0.3 is 6.18 Å². The van der Waals surface area contributed by atoms with Crippen molar-refractivity contribution in [2.45, 2.75) is 11.8 Å². The second-order valence-corrected chi connectivity index (χ2v) is 7.45. The van der Waals surface area contributed by atoms with Crippen molar-refractivity contribution < 1.29 is 22.8 Å². The van der Waals surface area contributed by atoms with E-state index in [-0.39, 0.29) is 32.0 Å². The summed E-state index contributed by atoms with van der Waals surface area (Å²) in [6.07, 6.45) is -2.92. The molecule has 0 bridgehead atoms. The summed E-state index contributed by atoms with van der Waals surface area (Å²) in [7, 11) is 0. The van der Waals surface area contributed by atoms with Crippen LogP contribution < -0.4 is 16.3 Å². The van der Waals surface area contributed by atoms with Gasteiger partial charge in [-0.2, -0.15) is 13.2 Å². The molecule has 1 aliphatic rings. The molecule has 0 aliphatic carbocycles. The van der Waals surface area contributed by atoms with Crippen molar-refractivity contribution in [2.75, 3.05) is 5.43 Å². The van der Waals surface area contributed by atoms with Crippen LogP contribution in [0.15, 0.2) is 55.1 Å². The first-order valence-corrected chi connectivity index (χ1v) is 9.37. The minimum Gasteiger partial charge on any atom is -0.297 e. The summed E-state index contributed by atoms with van der Waals surface area (Å²) in [4.78, 5) is 16.4. The van der Waals surface area contributed by atoms with Gasteiger partial charge in [0.15, 0.2) is 0 Å². The van der Waals surface area contributed by atoms with E-state index in [1.54, 1.807) is 0 Å². The Bertz CT molecular complexity index is 1020. The molecule has 0 fully saturated rings. The quantitative estimate of drug-likeness (QED) is 0.386. The van der Waals surface area contributed by atoms with E-state index in [0.29, 0.717) is 5.56 Å². The highest BCUT2D eigenvalue weighted by Crippen LogP contribution is 2.48. The molecular weight excluding hydrogens is 466 g/mol. The van der Waals surface area contributed by atoms with Gasteiger partial charge in [-0.15, -0.1) is 0 Å². The lowest BCUT2D eigenvalue weighted by Crippen LogP contribution is -2.42. The Labute approximate surface area is 184 Å². The van der Waals surface area contributed by atoms with Crippen molar-refractivity contribution in [1.82, 2.24) is 10.9 Å². The first kappa shape index (κ1) is 22.3. The number of anilines is 1. The van der Waals surface area contributed by atoms with Gasteiger partial charge in [-0.3, -0.25) is 26.0 Å². The highest BCUT2D eigenvalue weighted by Gasteiger charge is 2.59. The van der Waals surface area contributed by atoms with E-state index in [1.807, 2.05) is 0 Å². The Hall–Kier alpha value is -2.39. The Kier molecular flexibility index (Phi) is 6.24. The van der Waals surface area contributed by atoms with E-state index >= 15 is 0 Å². The van der Waals surface area contributed by atoms with Crippen LogP contribution in [0, 0.1) is 0 Å². The van der Waals surface area contributed by atoms with Gasteiger partial charge in [0.2, 0.25) is 5.60 Å². The second-order valence-electron chi connectivity index (χ2n) is 6.17. The highest BCUT2D eigenvalue weighted by molar-refractivity contribution is 6.34. The van der Waals surface area contributed by atoms with Crippen molar-refractivity contribution in [3.05, 3.63) is 81.3 Å². The zero-order valence-electron chi connectivity index (χ0n) is 14.9. The minimum atomic E-state index is -4.83. The van der Waals surface area contributed by atoms with Crippen LogP contribution in [0.5, 0.6) is 0 Å². The van der Waals surface area contributed by atoms with E-state index in [0.717, 1.165) is 24.3 Å². The topological polar surface area (TPSA) is 62.4 Å². The fourth-order valence-electron chi connectivity index (χ4n) is 2.72. The molecule has 0 saturated carbocycles. The van der Waals surface area contributed by atoms with E-state index in [9.17, 15) is 18.0 Å². The van der Waals surface area contributed by atoms with E-state index in [2.05, 4.69) is 22.9 Å². The molecule has 158 valence electrons. The van der Waals surface area contributed by atoms with Gasteiger partial charge < -0.3 is 0 Å². The van der Waals surface area contributed by atoms with Gasteiger partial charge in [-0.1, -0.05) is 47.4 Å². The van der Waals surface area contributed by atoms with Crippen LogP contribution in [0.2, 0.25) is 15.1 Å². The molecule has 0 aromatic heterocycles. The predicted molar refractivity (Wildman–Crippen MR) is 110 cm³/mol. The van der Waals surface area contributed by atoms with Crippen LogP contribution in [0.3, 0.4) is 0 Å². The van der Waals surface area contributed by atoms with Crippen LogP contribution in [0.1, 0.15) is 11.1 Å². The SMILES string of the molecule is C=CC(=O)NNc1cc(C2=CC(c3cc(Cl)cc(Cl)c3)(C(F)(F)F)ON2)ccc1Cl. The van der Waals surface area contributed by atoms with Gasteiger partial charge in [0.25, 0.3) is 5.91 Å². The summed E-state index contributed by atoms with van der Waals surface area (Å²) in [6, 6.07) is 7.95. The van der Waals surface area contributed by atoms with Gasteiger partial charge in [0.05, 0.1) is 16.4 Å². The number of carbonyl (C=O) groups excluding carboxylic acids is 1. The van der Waals surface area contributed by atoms with Crippen LogP contribution in [-0.4, -0.2) is 12.1 Å². The first-order valence-electron chi connectivity index (χ1n) is 8.24. The summed E-state index contributed by atoms with van der Waals surface area (Å²) < 4.78 is 42.2. The van der Waals surface area contributed by atoms with Crippen molar-refractivity contribution >= 4 is 52.1 Å². The molecule has 2 aromatic rings. The Balaban J connectivity index is 2.03. The Morgan fingerprint density at radius 2 is 1.80 bits per heavy atom. The molecule has 0 spiro atoms. The molecule has 5 nitrogen and oxygen atoms in total. The lowest BCUT2D eigenvalue weighted by molar-refractivity contribution is -0.269. The number of carbonyl (C=O) groups is 1. The lowest BCUT2D eigenvalue weighted by atomic mass is 9.91. The number of rotatable bonds is 5. The number of hydroxylamine groups is 1. The standard InChI is InChI=1S/C19H13Cl3F3N3O2/c1-2-17(29)27-26-15-5-10(3-4-14(15)22)16-9-18(30-28-16,19(23,24)25)11-6-12(20)8-13(21)7-11/h2-9,26,28H,1H2,(H,27,29). The molecule has 1 heterocycles. The molecule has 0 radical (unpaired) electrons. The molecule has 1 amide bonds. The fraction of sp³-hybridized carbons (Fsp3) is 0.105. The minimum absolute atomic E-state index is 0.0261. The third kappa shape index (κ3) is 4.37. The molecule has 30 heavy (non-hydrogen) atoms. The van der Waals surface area contributed by atoms with Gasteiger partial charge in [-0.05, 0) is 42.5 Å². The third-order valence-corrected chi connectivity index (χ3v) is 4.93. The number of alkyl halides is 3. The summed E-state index contributed by atoms with van der Waals surface area (Å²) >= 11 is 17.9. The summed E-state index contributed by atoms with van der Waals surface area (Å²) in [5.74, 6) is -0.521. The summed E-state index contributed by atoms with van der Waals surface area (Å²) in [5.41, 5.74) is 4.68. The molecule has 1 unspecified atom stereocenters. The average molecular weight is 479 g/mol. The first-order chi connectivity index (χ1) is 14.1. The predicted octanol–water partition coefficient (Wildman–Crippen LogP) is 5.61.